The van der Waals surface area contributed by atoms with Gasteiger partial charge in [0.2, 0.25) is 0 Å². The second-order valence-electron chi connectivity index (χ2n) is 9.23. The third-order valence-corrected chi connectivity index (χ3v) is 6.28. The molecule has 1 aromatic heterocycles. The first-order valence-corrected chi connectivity index (χ1v) is 12.3. The number of carbonyl (C=O) groups is 1. The second-order valence-corrected chi connectivity index (χ2v) is 9.23. The summed E-state index contributed by atoms with van der Waals surface area (Å²) in [5.74, 6) is -0.317. The zero-order valence-electron chi connectivity index (χ0n) is 21.9. The fourth-order valence-electron chi connectivity index (χ4n) is 4.02. The topological polar surface area (TPSA) is 80.7 Å². The molecule has 8 heteroatoms. The van der Waals surface area contributed by atoms with E-state index in [1.165, 1.54) is 39.5 Å². The van der Waals surface area contributed by atoms with Gasteiger partial charge in [-0.3, -0.25) is 4.98 Å². The molecule has 6 nitrogen and oxygen atoms in total. The van der Waals surface area contributed by atoms with Gasteiger partial charge in [0.15, 0.2) is 0 Å². The number of hydrogen-bond acceptors (Lipinski definition) is 6. The Kier molecular flexibility index (Phi) is 10.4. The van der Waals surface area contributed by atoms with Crippen molar-refractivity contribution >= 4 is 5.97 Å². The molecule has 0 radical (unpaired) electrons. The van der Waals surface area contributed by atoms with Crippen LogP contribution in [0.1, 0.15) is 55.5 Å². The van der Waals surface area contributed by atoms with Gasteiger partial charge in [0.05, 0.1) is 19.9 Å². The van der Waals surface area contributed by atoms with E-state index in [2.05, 4.69) is 4.98 Å². The van der Waals surface area contributed by atoms with Crippen LogP contribution in [0.15, 0.2) is 48.7 Å². The number of nitrogens with zero attached hydrogens (tertiary/aromatic N) is 1. The van der Waals surface area contributed by atoms with Crippen molar-refractivity contribution in [3.05, 3.63) is 71.3 Å². The van der Waals surface area contributed by atoms with Crippen LogP contribution in [0.4, 0.5) is 4.39 Å². The van der Waals surface area contributed by atoms with E-state index in [9.17, 15) is 14.3 Å². The summed E-state index contributed by atoms with van der Waals surface area (Å²) < 4.78 is 31.5. The molecule has 2 aromatic carbocycles. The SMILES string of the molecule is C1CC1.COc1ccc(F)c(-c2cnc(C3CCc4ccc(CC(C)C(=O)[O-])cc4O3)cc2OC)c1.[Na+]. The Morgan fingerprint density at radius 2 is 1.86 bits per heavy atom. The molecule has 1 fully saturated rings. The molecule has 37 heavy (non-hydrogen) atoms. The average Bonchev–Trinajstić information content (AvgIpc) is 3.78. The third-order valence-electron chi connectivity index (χ3n) is 6.28. The van der Waals surface area contributed by atoms with Gasteiger partial charge in [-0.05, 0) is 60.6 Å². The number of aryl methyl sites for hydroxylation is 1. The number of ether oxygens (including phenoxy) is 3. The van der Waals surface area contributed by atoms with Crippen molar-refractivity contribution in [2.24, 2.45) is 5.92 Å². The Morgan fingerprint density at radius 1 is 1.11 bits per heavy atom. The molecule has 3 aromatic rings. The fourth-order valence-corrected chi connectivity index (χ4v) is 4.02. The summed E-state index contributed by atoms with van der Waals surface area (Å²) in [7, 11) is 3.06. The molecule has 2 unspecified atom stereocenters. The van der Waals surface area contributed by atoms with Crippen LogP contribution in [0.5, 0.6) is 17.2 Å². The van der Waals surface area contributed by atoms with E-state index in [4.69, 9.17) is 14.2 Å². The second kappa shape index (κ2) is 13.3. The van der Waals surface area contributed by atoms with Gasteiger partial charge >= 0.3 is 29.6 Å². The quantitative estimate of drug-likeness (QED) is 0.449. The standard InChI is InChI=1S/C26H26FNO5.C3H6.Na/c1-15(26(29)30)10-16-4-5-17-6-9-23(33-24(17)11-16)22-13-25(32-3)20(14-28-22)19-12-18(31-2)7-8-21(19)27;1-2-3-1;/h4-5,7-8,11-15,23H,6,9-10H2,1-3H3,(H,29,30);1-3H2;/q;;+1/p-1. The van der Waals surface area contributed by atoms with E-state index in [0.29, 0.717) is 34.7 Å². The maximum Gasteiger partial charge on any atom is 1.00 e. The number of methoxy groups -OCH3 is 2. The summed E-state index contributed by atoms with van der Waals surface area (Å²) >= 11 is 0. The monoisotopic (exact) mass is 515 g/mol. The van der Waals surface area contributed by atoms with Crippen molar-refractivity contribution in [1.82, 2.24) is 4.98 Å². The van der Waals surface area contributed by atoms with Gasteiger partial charge in [-0.2, -0.15) is 0 Å². The van der Waals surface area contributed by atoms with Crippen LogP contribution >= 0.6 is 0 Å². The van der Waals surface area contributed by atoms with Gasteiger partial charge in [-0.1, -0.05) is 38.3 Å². The molecule has 0 saturated heterocycles. The molecule has 5 rings (SSSR count). The molecule has 0 N–H and O–H groups in total. The zero-order valence-corrected chi connectivity index (χ0v) is 23.9. The summed E-state index contributed by atoms with van der Waals surface area (Å²) in [6.07, 6.45) is 7.68. The molecule has 2 heterocycles. The molecule has 0 spiro atoms. The summed E-state index contributed by atoms with van der Waals surface area (Å²) in [6, 6.07) is 12.1. The van der Waals surface area contributed by atoms with E-state index >= 15 is 0 Å². The van der Waals surface area contributed by atoms with E-state index in [1.807, 2.05) is 18.2 Å². The minimum absolute atomic E-state index is 0. The smallest absolute Gasteiger partial charge is 0.550 e. The number of aromatic nitrogens is 1. The number of aliphatic carboxylic acids is 1. The molecular weight excluding hydrogens is 484 g/mol. The molecule has 2 aliphatic rings. The number of carboxylic acids is 1. The number of carbonyl (C=O) groups excluding carboxylic acids is 1. The minimum Gasteiger partial charge on any atom is -0.550 e. The van der Waals surface area contributed by atoms with Crippen molar-refractivity contribution in [3.63, 3.8) is 0 Å². The number of benzene rings is 2. The Labute approximate surface area is 239 Å². The number of fused-ring (bicyclic) bond motifs is 1. The first-order valence-electron chi connectivity index (χ1n) is 12.3. The zero-order chi connectivity index (χ0) is 25.7. The van der Waals surface area contributed by atoms with E-state index in [0.717, 1.165) is 29.7 Å². The largest absolute Gasteiger partial charge is 1.00 e. The van der Waals surface area contributed by atoms with Crippen LogP contribution in [-0.4, -0.2) is 25.2 Å². The molecule has 1 saturated carbocycles. The predicted molar refractivity (Wildman–Crippen MR) is 133 cm³/mol. The van der Waals surface area contributed by atoms with Gasteiger partial charge in [0.1, 0.15) is 29.2 Å². The molecule has 0 bridgehead atoms. The first kappa shape index (κ1) is 29.0. The van der Waals surface area contributed by atoms with Crippen molar-refractivity contribution in [2.75, 3.05) is 14.2 Å². The van der Waals surface area contributed by atoms with Gasteiger partial charge < -0.3 is 24.1 Å². The van der Waals surface area contributed by atoms with Gasteiger partial charge in [-0.15, -0.1) is 0 Å². The Morgan fingerprint density at radius 3 is 2.51 bits per heavy atom. The van der Waals surface area contributed by atoms with Crippen LogP contribution < -0.4 is 48.9 Å². The number of carboxylic acid groups (broad SMARTS) is 1. The average molecular weight is 516 g/mol. The number of pyridine rings is 1. The van der Waals surface area contributed by atoms with E-state index < -0.39 is 17.7 Å². The van der Waals surface area contributed by atoms with Crippen molar-refractivity contribution in [1.29, 1.82) is 0 Å². The Bertz CT molecular complexity index is 1230. The summed E-state index contributed by atoms with van der Waals surface area (Å²) in [5, 5.41) is 11.1. The number of hydrogen-bond donors (Lipinski definition) is 0. The minimum atomic E-state index is -1.07. The maximum absolute atomic E-state index is 14.5. The first-order chi connectivity index (χ1) is 17.4. The summed E-state index contributed by atoms with van der Waals surface area (Å²) in [6.45, 7) is 1.63. The number of halogens is 1. The maximum atomic E-state index is 14.5. The molecule has 190 valence electrons. The molecular formula is C29H31FNNaO5. The third kappa shape index (κ3) is 7.46. The van der Waals surface area contributed by atoms with Crippen molar-refractivity contribution in [3.8, 4) is 28.4 Å². The van der Waals surface area contributed by atoms with Crippen LogP contribution in [0.25, 0.3) is 11.1 Å². The van der Waals surface area contributed by atoms with Crippen LogP contribution in [0, 0.1) is 11.7 Å². The van der Waals surface area contributed by atoms with Crippen molar-refractivity contribution < 1.29 is 58.1 Å². The molecule has 1 aliphatic heterocycles. The van der Waals surface area contributed by atoms with Crippen LogP contribution in [0.3, 0.4) is 0 Å². The fraction of sp³-hybridized carbons (Fsp3) is 0.379. The van der Waals surface area contributed by atoms with E-state index in [-0.39, 0.29) is 35.7 Å². The van der Waals surface area contributed by atoms with Gasteiger partial charge in [-0.25, -0.2) is 4.39 Å². The predicted octanol–water partition coefficient (Wildman–Crippen LogP) is 2.07. The molecule has 2 atom stereocenters. The van der Waals surface area contributed by atoms with E-state index in [1.54, 1.807) is 31.3 Å². The van der Waals surface area contributed by atoms with Gasteiger partial charge in [0, 0.05) is 29.4 Å². The van der Waals surface area contributed by atoms with Crippen LogP contribution in [0.2, 0.25) is 0 Å². The normalized spacial score (nSPS) is 16.1. The Balaban J connectivity index is 0.000000886. The molecule has 1 aliphatic carbocycles. The summed E-state index contributed by atoms with van der Waals surface area (Å²) in [5.41, 5.74) is 3.48. The number of rotatable bonds is 7. The Hall–Kier alpha value is -2.61. The van der Waals surface area contributed by atoms with Crippen molar-refractivity contribution in [2.45, 2.75) is 51.6 Å². The van der Waals surface area contributed by atoms with Gasteiger partial charge in [0.25, 0.3) is 0 Å². The molecule has 0 amide bonds. The summed E-state index contributed by atoms with van der Waals surface area (Å²) in [4.78, 5) is 15.6. The van der Waals surface area contributed by atoms with Crippen LogP contribution in [-0.2, 0) is 17.6 Å².